The van der Waals surface area contributed by atoms with E-state index in [-0.39, 0.29) is 31.1 Å². The van der Waals surface area contributed by atoms with E-state index in [9.17, 15) is 17.6 Å². The maximum absolute atomic E-state index is 14.3. The Bertz CT molecular complexity index is 1790. The van der Waals surface area contributed by atoms with Gasteiger partial charge in [-0.25, -0.2) is 27.5 Å². The number of alkyl halides is 2. The molecule has 1 aliphatic heterocycles. The summed E-state index contributed by atoms with van der Waals surface area (Å²) in [6, 6.07) is 8.83. The molecule has 0 spiro atoms. The maximum Gasteiger partial charge on any atom is 0.248 e. The van der Waals surface area contributed by atoms with Crippen LogP contribution >= 0.6 is 0 Å². The lowest BCUT2D eigenvalue weighted by Crippen LogP contribution is -2.47. The highest BCUT2D eigenvalue weighted by Crippen LogP contribution is 2.48. The van der Waals surface area contributed by atoms with Gasteiger partial charge in [0.1, 0.15) is 17.5 Å². The monoisotopic (exact) mass is 659 g/mol. The minimum absolute atomic E-state index is 0.0126. The third kappa shape index (κ3) is 6.46. The molecule has 254 valence electrons. The van der Waals surface area contributed by atoms with E-state index >= 15 is 0 Å². The predicted octanol–water partition coefficient (Wildman–Crippen LogP) is 9.87. The molecule has 5 nitrogen and oxygen atoms in total. The van der Waals surface area contributed by atoms with Crippen molar-refractivity contribution in [2.75, 3.05) is 4.90 Å². The Balaban J connectivity index is 1.56. The number of anilines is 1. The number of pyridine rings is 1. The molecule has 0 radical (unpaired) electrons. The number of nitrogens with zero attached hydrogens (tertiary/aromatic N) is 3. The number of halogens is 4. The highest BCUT2D eigenvalue weighted by molar-refractivity contribution is 6.17. The van der Waals surface area contributed by atoms with Gasteiger partial charge < -0.3 is 11.1 Å². The molecule has 3 aliphatic rings. The van der Waals surface area contributed by atoms with E-state index in [1.165, 1.54) is 17.7 Å². The van der Waals surface area contributed by atoms with Crippen LogP contribution in [-0.4, -0.2) is 28.5 Å². The highest BCUT2D eigenvalue weighted by Gasteiger charge is 2.39. The zero-order valence-electron chi connectivity index (χ0n) is 28.5. The van der Waals surface area contributed by atoms with Crippen LogP contribution in [0.25, 0.3) is 5.70 Å². The SMILES string of the molecule is CCc1ccc(N2C(C(N)Cc3cc(F)cc(F)c3)=Nc3nc(C4CCC(F)(F)CC4)cc(C)c3C2=C2CCC2)c(C)c1C(=N)C(C)C. The van der Waals surface area contributed by atoms with E-state index in [0.29, 0.717) is 35.8 Å². The number of aliphatic imine (C=N–C) groups is 1. The summed E-state index contributed by atoms with van der Waals surface area (Å²) >= 11 is 0. The molecule has 1 aromatic heterocycles. The molecule has 2 heterocycles. The number of hydrogen-bond donors (Lipinski definition) is 2. The van der Waals surface area contributed by atoms with Gasteiger partial charge in [0, 0.05) is 47.4 Å². The second-order valence-corrected chi connectivity index (χ2v) is 14.1. The molecule has 2 aromatic carbocycles. The Hall–Kier alpha value is -3.85. The summed E-state index contributed by atoms with van der Waals surface area (Å²) < 4.78 is 56.8. The minimum Gasteiger partial charge on any atom is -0.321 e. The van der Waals surface area contributed by atoms with Gasteiger partial charge in [-0.05, 0) is 117 Å². The Morgan fingerprint density at radius 3 is 2.29 bits per heavy atom. The van der Waals surface area contributed by atoms with Crippen molar-refractivity contribution in [1.29, 1.82) is 5.41 Å². The second-order valence-electron chi connectivity index (χ2n) is 14.1. The fraction of sp³-hybridized carbons (Fsp3) is 0.462. The Morgan fingerprint density at radius 2 is 1.71 bits per heavy atom. The van der Waals surface area contributed by atoms with Crippen molar-refractivity contribution in [1.82, 2.24) is 4.98 Å². The average Bonchev–Trinajstić information content (AvgIpc) is 2.98. The summed E-state index contributed by atoms with van der Waals surface area (Å²) in [4.78, 5) is 12.3. The van der Waals surface area contributed by atoms with Crippen LogP contribution in [0.3, 0.4) is 0 Å². The Kier molecular flexibility index (Phi) is 9.37. The smallest absolute Gasteiger partial charge is 0.248 e. The minimum atomic E-state index is -2.65. The fourth-order valence-electron chi connectivity index (χ4n) is 7.43. The summed E-state index contributed by atoms with van der Waals surface area (Å²) in [5.74, 6) is -3.08. The molecule has 1 unspecified atom stereocenters. The van der Waals surface area contributed by atoms with Crippen molar-refractivity contribution in [2.24, 2.45) is 16.6 Å². The standard InChI is InChI=1S/C39H45F4N5/c1-6-25-10-11-32(23(5)34(25)35(45)21(2)3)48-36(27-8-7-9-27)33-22(4)16-31(26-12-14-39(42,43)15-13-26)46-37(33)47-38(48)30(44)19-24-17-28(40)20-29(41)18-24/h10-11,16-18,20-21,26,30,45H,6-9,12-15,19,44H2,1-5H3. The first-order valence-electron chi connectivity index (χ1n) is 17.2. The molecular formula is C39H45F4N5. The zero-order valence-corrected chi connectivity index (χ0v) is 28.5. The fourth-order valence-corrected chi connectivity index (χ4v) is 7.43. The lowest BCUT2D eigenvalue weighted by molar-refractivity contribution is -0.0384. The molecule has 48 heavy (non-hydrogen) atoms. The van der Waals surface area contributed by atoms with Gasteiger partial charge in [-0.1, -0.05) is 26.8 Å². The molecule has 0 bridgehead atoms. The van der Waals surface area contributed by atoms with Gasteiger partial charge in [-0.15, -0.1) is 0 Å². The summed E-state index contributed by atoms with van der Waals surface area (Å²) in [5, 5.41) is 9.07. The quantitative estimate of drug-likeness (QED) is 0.187. The van der Waals surface area contributed by atoms with E-state index in [4.69, 9.17) is 21.1 Å². The number of nitrogens with two attached hydrogens (primary N) is 1. The maximum atomic E-state index is 14.3. The highest BCUT2D eigenvalue weighted by atomic mass is 19.3. The van der Waals surface area contributed by atoms with Crippen LogP contribution in [0.5, 0.6) is 0 Å². The van der Waals surface area contributed by atoms with Gasteiger partial charge in [-0.2, -0.15) is 0 Å². The van der Waals surface area contributed by atoms with Crippen LogP contribution in [-0.2, 0) is 12.8 Å². The molecule has 2 saturated carbocycles. The van der Waals surface area contributed by atoms with Gasteiger partial charge in [0.15, 0.2) is 5.82 Å². The molecule has 0 amide bonds. The van der Waals surface area contributed by atoms with Gasteiger partial charge in [0.05, 0.1) is 17.4 Å². The third-order valence-corrected chi connectivity index (χ3v) is 10.3. The van der Waals surface area contributed by atoms with E-state index in [0.717, 1.165) is 76.6 Å². The number of fused-ring (bicyclic) bond motifs is 1. The van der Waals surface area contributed by atoms with Crippen molar-refractivity contribution < 1.29 is 17.6 Å². The van der Waals surface area contributed by atoms with E-state index < -0.39 is 23.6 Å². The van der Waals surface area contributed by atoms with Crippen LogP contribution in [0, 0.1) is 36.8 Å². The van der Waals surface area contributed by atoms with Gasteiger partial charge >= 0.3 is 0 Å². The Morgan fingerprint density at radius 1 is 1.04 bits per heavy atom. The summed E-state index contributed by atoms with van der Waals surface area (Å²) in [6.45, 7) is 10.2. The first-order chi connectivity index (χ1) is 22.8. The van der Waals surface area contributed by atoms with Crippen LogP contribution in [0.4, 0.5) is 29.1 Å². The molecule has 9 heteroatoms. The molecular weight excluding hydrogens is 614 g/mol. The summed E-state index contributed by atoms with van der Waals surface area (Å²) in [6.07, 6.45) is 4.10. The third-order valence-electron chi connectivity index (χ3n) is 10.3. The molecule has 0 saturated heterocycles. The van der Waals surface area contributed by atoms with Crippen LogP contribution < -0.4 is 10.6 Å². The number of amidine groups is 1. The zero-order chi connectivity index (χ0) is 34.5. The van der Waals surface area contributed by atoms with Crippen molar-refractivity contribution in [3.8, 4) is 0 Å². The molecule has 2 fully saturated rings. The molecule has 6 rings (SSSR count). The van der Waals surface area contributed by atoms with Gasteiger partial charge in [0.25, 0.3) is 0 Å². The largest absolute Gasteiger partial charge is 0.321 e. The van der Waals surface area contributed by atoms with Gasteiger partial charge in [-0.3, -0.25) is 4.90 Å². The number of rotatable bonds is 8. The summed E-state index contributed by atoms with van der Waals surface area (Å²) in [5.41, 5.74) is 16.6. The van der Waals surface area contributed by atoms with E-state index in [2.05, 4.69) is 24.0 Å². The average molecular weight is 660 g/mol. The van der Waals surface area contributed by atoms with Crippen molar-refractivity contribution in [3.05, 3.63) is 92.7 Å². The Labute approximate surface area is 280 Å². The topological polar surface area (TPSA) is 78.4 Å². The number of aryl methyl sites for hydroxylation is 2. The van der Waals surface area contributed by atoms with Crippen LogP contribution in [0.2, 0.25) is 0 Å². The van der Waals surface area contributed by atoms with Crippen molar-refractivity contribution in [3.63, 3.8) is 0 Å². The van der Waals surface area contributed by atoms with Crippen LogP contribution in [0.1, 0.15) is 111 Å². The number of hydrogen-bond acceptors (Lipinski definition) is 5. The lowest BCUT2D eigenvalue weighted by Gasteiger charge is -2.40. The molecule has 2 aliphatic carbocycles. The first-order valence-corrected chi connectivity index (χ1v) is 17.2. The lowest BCUT2D eigenvalue weighted by atomic mass is 9.82. The molecule has 3 aromatic rings. The first kappa shape index (κ1) is 34.0. The number of nitrogens with one attached hydrogen (secondary N) is 1. The van der Waals surface area contributed by atoms with Crippen molar-refractivity contribution in [2.45, 2.75) is 110 Å². The van der Waals surface area contributed by atoms with E-state index in [1.807, 2.05) is 33.8 Å². The molecule has 3 N–H and O–H groups in total. The number of aromatic nitrogens is 1. The molecule has 1 atom stereocenters. The predicted molar refractivity (Wildman–Crippen MR) is 186 cm³/mol. The number of allylic oxidation sites excluding steroid dienone is 1. The van der Waals surface area contributed by atoms with E-state index in [1.54, 1.807) is 0 Å². The van der Waals surface area contributed by atoms with Crippen molar-refractivity contribution >= 4 is 28.7 Å². The second kappa shape index (κ2) is 13.2. The normalized spacial score (nSPS) is 18.5. The van der Waals surface area contributed by atoms with Crippen LogP contribution in [0.15, 0.2) is 47.0 Å². The van der Waals surface area contributed by atoms with Gasteiger partial charge in [0.2, 0.25) is 5.92 Å². The number of benzene rings is 2. The summed E-state index contributed by atoms with van der Waals surface area (Å²) in [7, 11) is 0.